The zero-order chi connectivity index (χ0) is 19.1. The second-order valence-corrected chi connectivity index (χ2v) is 8.12. The van der Waals surface area contributed by atoms with Crippen molar-refractivity contribution in [2.75, 3.05) is 5.32 Å². The molecule has 0 radical (unpaired) electrons. The molecule has 2 N–H and O–H groups in total. The second-order valence-electron chi connectivity index (χ2n) is 5.43. The van der Waals surface area contributed by atoms with Gasteiger partial charge in [-0.2, -0.15) is 13.2 Å². The summed E-state index contributed by atoms with van der Waals surface area (Å²) in [4.78, 5) is 7.80. The number of nitrogens with zero attached hydrogens (tertiary/aromatic N) is 4. The highest BCUT2D eigenvalue weighted by Crippen LogP contribution is 2.36. The first kappa shape index (κ1) is 19.1. The number of halogens is 4. The van der Waals surface area contributed by atoms with E-state index in [2.05, 4.69) is 41.4 Å². The molecule has 1 unspecified atom stereocenters. The lowest BCUT2D eigenvalue weighted by molar-refractivity contribution is -0.141. The molecule has 0 saturated carbocycles. The number of hydrogen-bond donors (Lipinski definition) is 2. The van der Waals surface area contributed by atoms with Crippen LogP contribution in [0.15, 0.2) is 22.0 Å². The van der Waals surface area contributed by atoms with Gasteiger partial charge in [0.15, 0.2) is 16.3 Å². The van der Waals surface area contributed by atoms with E-state index in [1.54, 1.807) is 12.3 Å². The fourth-order valence-corrected chi connectivity index (χ4v) is 4.13. The van der Waals surface area contributed by atoms with Gasteiger partial charge in [0.2, 0.25) is 5.13 Å². The van der Waals surface area contributed by atoms with E-state index >= 15 is 0 Å². The van der Waals surface area contributed by atoms with Crippen molar-refractivity contribution < 1.29 is 18.3 Å². The van der Waals surface area contributed by atoms with E-state index in [-0.39, 0.29) is 20.4 Å². The largest absolute Gasteiger partial charge is 0.434 e. The molecule has 138 valence electrons. The smallest absolute Gasteiger partial charge is 0.376 e. The lowest BCUT2D eigenvalue weighted by atomic mass is 10.1. The van der Waals surface area contributed by atoms with Crippen molar-refractivity contribution in [3.63, 3.8) is 0 Å². The molecule has 12 heteroatoms. The number of rotatable bonds is 4. The third kappa shape index (κ3) is 3.87. The molecule has 3 heterocycles. The minimum absolute atomic E-state index is 0.0343. The van der Waals surface area contributed by atoms with Gasteiger partial charge in [0.05, 0.1) is 0 Å². The van der Waals surface area contributed by atoms with E-state index in [9.17, 15) is 18.3 Å². The summed E-state index contributed by atoms with van der Waals surface area (Å²) >= 11 is 5.13. The van der Waals surface area contributed by atoms with Crippen LogP contribution in [0.2, 0.25) is 0 Å². The normalized spacial score (nSPS) is 14.3. The molecule has 0 bridgehead atoms. The SMILES string of the molecule is Cc1csc(C(C)(O)c2nnc(Nc3ccc(Br)c(C(F)(F)F)n3)s2)n1. The van der Waals surface area contributed by atoms with E-state index in [0.717, 1.165) is 17.0 Å². The molecular formula is C14H11BrF3N5OS2. The van der Waals surface area contributed by atoms with E-state index in [1.807, 2.05) is 0 Å². The molecule has 0 fully saturated rings. The predicted octanol–water partition coefficient (Wildman–Crippen LogP) is 4.48. The zero-order valence-corrected chi connectivity index (χ0v) is 16.5. The minimum atomic E-state index is -4.59. The van der Waals surface area contributed by atoms with Gasteiger partial charge in [-0.05, 0) is 41.9 Å². The average Bonchev–Trinajstić information content (AvgIpc) is 3.18. The van der Waals surface area contributed by atoms with Crippen molar-refractivity contribution in [1.82, 2.24) is 20.2 Å². The van der Waals surface area contributed by atoms with Gasteiger partial charge in [-0.15, -0.1) is 21.5 Å². The molecule has 0 aliphatic rings. The van der Waals surface area contributed by atoms with E-state index < -0.39 is 17.5 Å². The van der Waals surface area contributed by atoms with Gasteiger partial charge >= 0.3 is 6.18 Å². The van der Waals surface area contributed by atoms with Gasteiger partial charge in [-0.25, -0.2) is 9.97 Å². The molecule has 0 amide bonds. The summed E-state index contributed by atoms with van der Waals surface area (Å²) in [6.07, 6.45) is -4.59. The standard InChI is InChI=1S/C14H11BrF3N5OS2/c1-6-5-25-10(19-6)13(2,24)11-22-23-12(26-11)21-8-4-3-7(15)9(20-8)14(16,17)18/h3-5,24H,1-2H3,(H,20,21,23). The summed E-state index contributed by atoms with van der Waals surface area (Å²) in [5, 5.41) is 23.9. The Hall–Kier alpha value is -1.63. The van der Waals surface area contributed by atoms with Crippen LogP contribution in [0.3, 0.4) is 0 Å². The predicted molar refractivity (Wildman–Crippen MR) is 95.7 cm³/mol. The van der Waals surface area contributed by atoms with Crippen LogP contribution in [0, 0.1) is 6.92 Å². The number of hydrogen-bond acceptors (Lipinski definition) is 8. The molecule has 0 saturated heterocycles. The number of thiazole rings is 1. The Morgan fingerprint density at radius 3 is 2.50 bits per heavy atom. The highest BCUT2D eigenvalue weighted by Gasteiger charge is 2.36. The molecular weight excluding hydrogens is 455 g/mol. The van der Waals surface area contributed by atoms with Gasteiger partial charge in [0, 0.05) is 15.5 Å². The number of aliphatic hydroxyl groups is 1. The number of aromatic nitrogens is 4. The van der Waals surface area contributed by atoms with Crippen LogP contribution < -0.4 is 5.32 Å². The van der Waals surface area contributed by atoms with Crippen molar-refractivity contribution in [2.45, 2.75) is 25.6 Å². The van der Waals surface area contributed by atoms with Crippen LogP contribution in [0.5, 0.6) is 0 Å². The molecule has 3 aromatic rings. The summed E-state index contributed by atoms with van der Waals surface area (Å²) in [6, 6.07) is 2.62. The Balaban J connectivity index is 1.85. The molecule has 3 rings (SSSR count). The maximum absolute atomic E-state index is 12.9. The van der Waals surface area contributed by atoms with Crippen LogP contribution in [0.4, 0.5) is 24.1 Å². The third-order valence-corrected chi connectivity index (χ3v) is 6.09. The van der Waals surface area contributed by atoms with E-state index in [0.29, 0.717) is 5.01 Å². The molecule has 26 heavy (non-hydrogen) atoms. The lowest BCUT2D eigenvalue weighted by Crippen LogP contribution is -2.22. The summed E-state index contributed by atoms with van der Waals surface area (Å²) in [5.74, 6) is -0.0343. The van der Waals surface area contributed by atoms with Crippen molar-refractivity contribution in [1.29, 1.82) is 0 Å². The summed E-state index contributed by atoms with van der Waals surface area (Å²) < 4.78 is 38.6. The fraction of sp³-hybridized carbons (Fsp3) is 0.286. The third-order valence-electron chi connectivity index (χ3n) is 3.23. The second kappa shape index (κ2) is 6.83. The minimum Gasteiger partial charge on any atom is -0.376 e. The van der Waals surface area contributed by atoms with E-state index in [1.165, 1.54) is 30.4 Å². The zero-order valence-electron chi connectivity index (χ0n) is 13.3. The number of nitrogens with one attached hydrogen (secondary N) is 1. The quantitative estimate of drug-likeness (QED) is 0.590. The Morgan fingerprint density at radius 2 is 1.88 bits per heavy atom. The summed E-state index contributed by atoms with van der Waals surface area (Å²) in [5.41, 5.74) is -1.72. The van der Waals surface area contributed by atoms with Crippen LogP contribution >= 0.6 is 38.6 Å². The summed E-state index contributed by atoms with van der Waals surface area (Å²) in [7, 11) is 0. The van der Waals surface area contributed by atoms with Gasteiger partial charge in [-0.3, -0.25) is 0 Å². The van der Waals surface area contributed by atoms with Crippen molar-refractivity contribution >= 4 is 49.6 Å². The highest BCUT2D eigenvalue weighted by atomic mass is 79.9. The first-order valence-electron chi connectivity index (χ1n) is 7.07. The van der Waals surface area contributed by atoms with Gasteiger partial charge < -0.3 is 10.4 Å². The Kier molecular flexibility index (Phi) is 5.03. The Bertz CT molecular complexity index is 941. The number of aryl methyl sites for hydroxylation is 1. The van der Waals surface area contributed by atoms with Crippen molar-refractivity contribution in [3.8, 4) is 0 Å². The number of alkyl halides is 3. The lowest BCUT2D eigenvalue weighted by Gasteiger charge is -2.16. The van der Waals surface area contributed by atoms with Crippen LogP contribution in [0.1, 0.15) is 28.3 Å². The van der Waals surface area contributed by atoms with Gasteiger partial charge in [0.25, 0.3) is 0 Å². The topological polar surface area (TPSA) is 83.8 Å². The molecule has 3 aromatic heterocycles. The number of pyridine rings is 1. The Morgan fingerprint density at radius 1 is 1.15 bits per heavy atom. The summed E-state index contributed by atoms with van der Waals surface area (Å²) in [6.45, 7) is 3.34. The molecule has 0 spiro atoms. The first-order chi connectivity index (χ1) is 12.1. The highest BCUT2D eigenvalue weighted by molar-refractivity contribution is 9.10. The molecule has 0 aliphatic heterocycles. The van der Waals surface area contributed by atoms with Gasteiger partial charge in [0.1, 0.15) is 10.8 Å². The molecule has 0 aliphatic carbocycles. The van der Waals surface area contributed by atoms with E-state index in [4.69, 9.17) is 0 Å². The molecule has 6 nitrogen and oxygen atoms in total. The first-order valence-corrected chi connectivity index (χ1v) is 9.56. The van der Waals surface area contributed by atoms with Crippen molar-refractivity contribution in [2.24, 2.45) is 0 Å². The fourth-order valence-electron chi connectivity index (χ4n) is 1.96. The molecule has 0 aromatic carbocycles. The molecule has 1 atom stereocenters. The Labute approximate surface area is 162 Å². The maximum Gasteiger partial charge on any atom is 0.434 e. The average molecular weight is 466 g/mol. The van der Waals surface area contributed by atoms with Crippen molar-refractivity contribution in [3.05, 3.63) is 43.4 Å². The monoisotopic (exact) mass is 465 g/mol. The van der Waals surface area contributed by atoms with Crippen LogP contribution in [-0.4, -0.2) is 25.3 Å². The maximum atomic E-state index is 12.9. The van der Waals surface area contributed by atoms with Crippen LogP contribution in [0.25, 0.3) is 0 Å². The van der Waals surface area contributed by atoms with Gasteiger partial charge in [-0.1, -0.05) is 11.3 Å². The number of anilines is 2. The van der Waals surface area contributed by atoms with Crippen LogP contribution in [-0.2, 0) is 11.8 Å².